The molecule has 17 aromatic carbocycles. The summed E-state index contributed by atoms with van der Waals surface area (Å²) in [5.41, 5.74) is 15.7. The fourth-order valence-corrected chi connectivity index (χ4v) is 14.9. The Morgan fingerprint density at radius 3 is 1.03 bits per heavy atom. The Morgan fingerprint density at radius 1 is 0.196 bits per heavy atom. The summed E-state index contributed by atoms with van der Waals surface area (Å²) in [6, 6.07) is 128. The fourth-order valence-electron chi connectivity index (χ4n) is 14.9. The minimum atomic E-state index is 0.223. The summed E-state index contributed by atoms with van der Waals surface area (Å²) in [6.07, 6.45) is 0. The third-order valence-corrected chi connectivity index (χ3v) is 21.2. The maximum atomic E-state index is 2.32. The second-order valence-corrected chi connectivity index (χ2v) is 33.0. The molecule has 0 heteroatoms. The average molecular weight is 1470 g/mol. The van der Waals surface area contributed by atoms with Crippen LogP contribution in [-0.4, -0.2) is 0 Å². The first-order valence-electron chi connectivity index (χ1n) is 40.9. The van der Waals surface area contributed by atoms with Gasteiger partial charge in [-0.1, -0.05) is 445 Å². The molecule has 0 saturated carbocycles. The van der Waals surface area contributed by atoms with Crippen LogP contribution < -0.4 is 0 Å². The minimum Gasteiger partial charge on any atom is -0.0622 e. The van der Waals surface area contributed by atoms with Crippen molar-refractivity contribution in [3.05, 3.63) is 408 Å². The quantitative estimate of drug-likeness (QED) is 0.133. The standard InChI is InChI=1S/3C17H16.C15H16.C14H16.C13H14.C10H14.C9H12/c1-12(2)17-15-9-5-3-7-13(15)11-14-8-4-6-10-16(14)17;1-12(2)16-9-5-8-15-10-13-6-3-4-7-14(13)11-17(15)16;1-12(2)13-7-8-16-10-14-5-3-4-6-15(14)11-17(16)9-13;1-12(2)14-10-6-7-11-15(14)13-8-4-3-5-9-13;1-14(2,3)13-10-6-8-11-7-4-5-9-12(11)13;1-10(2)12-8-7-11-5-3-4-6-13(11)9-12;1-8(2)10-7-5-4-6-9(10)3;1-8(2)9-6-4-3-5-7-9/h3*3-12H,1-2H3;3-12H,1-2H3;4-10H,1-3H3;3-10H,1-2H3;4-8H,1-3H3;3-8H,1-2H3. The van der Waals surface area contributed by atoms with E-state index in [-0.39, 0.29) is 5.41 Å². The SMILES string of the molecule is CC(C)(C)c1cccc2ccccc12.CC(C)c1c2ccccc2cc2ccccc12.CC(C)c1ccc2cc3ccccc3cc2c1.CC(C)c1ccc2ccccc2c1.CC(C)c1cccc2cc3ccccc3cc12.CC(C)c1ccccc1.CC(C)c1ccccc1-c1ccccc1.Cc1ccccc1C(C)C. The molecule has 112 heavy (non-hydrogen) atoms. The van der Waals surface area contributed by atoms with Crippen molar-refractivity contribution in [1.82, 2.24) is 0 Å². The van der Waals surface area contributed by atoms with E-state index in [9.17, 15) is 0 Å². The van der Waals surface area contributed by atoms with Gasteiger partial charge in [-0.2, -0.15) is 0 Å². The van der Waals surface area contributed by atoms with Crippen molar-refractivity contribution in [1.29, 1.82) is 0 Å². The Morgan fingerprint density at radius 2 is 0.536 bits per heavy atom. The van der Waals surface area contributed by atoms with Crippen LogP contribution in [0.15, 0.2) is 358 Å². The Hall–Kier alpha value is -11.2. The van der Waals surface area contributed by atoms with Crippen LogP contribution >= 0.6 is 0 Å². The van der Waals surface area contributed by atoms with Crippen molar-refractivity contribution >= 4 is 86.2 Å². The highest BCUT2D eigenvalue weighted by Crippen LogP contribution is 2.36. The third kappa shape index (κ3) is 22.5. The molecular formula is C112H120. The third-order valence-electron chi connectivity index (χ3n) is 21.2. The number of aryl methyl sites for hydroxylation is 1. The smallest absolute Gasteiger partial charge is 0.0126 e. The Bertz CT molecular complexity index is 5700. The van der Waals surface area contributed by atoms with Gasteiger partial charge in [-0.25, -0.2) is 0 Å². The summed E-state index contributed by atoms with van der Waals surface area (Å²) in [5, 5.41) is 21.5. The summed E-state index contributed by atoms with van der Waals surface area (Å²) in [4.78, 5) is 0. The van der Waals surface area contributed by atoms with E-state index in [1.165, 1.54) is 147 Å². The van der Waals surface area contributed by atoms with Gasteiger partial charge in [0.15, 0.2) is 0 Å². The predicted molar refractivity (Wildman–Crippen MR) is 499 cm³/mol. The fraction of sp³-hybridized carbons (Fsp3) is 0.232. The molecule has 0 aliphatic heterocycles. The monoisotopic (exact) mass is 1460 g/mol. The van der Waals surface area contributed by atoms with Gasteiger partial charge in [0.25, 0.3) is 0 Å². The van der Waals surface area contributed by atoms with Crippen LogP contribution in [0.1, 0.15) is 209 Å². The molecule has 0 aliphatic carbocycles. The van der Waals surface area contributed by atoms with Crippen LogP contribution in [0, 0.1) is 6.92 Å². The van der Waals surface area contributed by atoms with Crippen LogP contribution in [0.25, 0.3) is 97.3 Å². The lowest BCUT2D eigenvalue weighted by Crippen LogP contribution is -2.11. The highest BCUT2D eigenvalue weighted by Gasteiger charge is 2.17. The molecule has 0 fully saturated rings. The zero-order valence-electron chi connectivity index (χ0n) is 70.1. The number of benzene rings is 17. The van der Waals surface area contributed by atoms with Crippen LogP contribution in [0.3, 0.4) is 0 Å². The first-order chi connectivity index (χ1) is 53.9. The Kier molecular flexibility index (Phi) is 29.9. The van der Waals surface area contributed by atoms with Crippen LogP contribution in [0.4, 0.5) is 0 Å². The van der Waals surface area contributed by atoms with Crippen molar-refractivity contribution in [2.45, 2.75) is 171 Å². The molecular weight excluding hydrogens is 1350 g/mol. The molecule has 0 spiro atoms. The van der Waals surface area contributed by atoms with E-state index < -0.39 is 0 Å². The second-order valence-electron chi connectivity index (χ2n) is 33.0. The lowest BCUT2D eigenvalue weighted by atomic mass is 9.84. The molecule has 17 rings (SSSR count). The van der Waals surface area contributed by atoms with Crippen molar-refractivity contribution in [3.63, 3.8) is 0 Å². The molecule has 0 atom stereocenters. The summed E-state index contributed by atoms with van der Waals surface area (Å²) in [6.45, 7) is 40.3. The second kappa shape index (κ2) is 40.1. The van der Waals surface area contributed by atoms with E-state index in [2.05, 4.69) is 476 Å². The molecule has 568 valence electrons. The van der Waals surface area contributed by atoms with E-state index in [0.29, 0.717) is 41.4 Å². The van der Waals surface area contributed by atoms with Gasteiger partial charge in [-0.15, -0.1) is 0 Å². The van der Waals surface area contributed by atoms with Crippen molar-refractivity contribution in [2.75, 3.05) is 0 Å². The van der Waals surface area contributed by atoms with Gasteiger partial charge in [0.05, 0.1) is 0 Å². The normalized spacial score (nSPS) is 11.2. The number of hydrogen-bond acceptors (Lipinski definition) is 0. The predicted octanol–water partition coefficient (Wildman–Crippen LogP) is 33.9. The maximum Gasteiger partial charge on any atom is -0.0126 e. The van der Waals surface area contributed by atoms with E-state index in [4.69, 9.17) is 0 Å². The van der Waals surface area contributed by atoms with E-state index >= 15 is 0 Å². The highest BCUT2D eigenvalue weighted by molar-refractivity contribution is 6.03. The Balaban J connectivity index is 0.000000137. The van der Waals surface area contributed by atoms with E-state index in [0.717, 1.165) is 0 Å². The van der Waals surface area contributed by atoms with E-state index in [1.54, 1.807) is 0 Å². The summed E-state index contributed by atoms with van der Waals surface area (Å²) >= 11 is 0. The molecule has 0 aliphatic rings. The molecule has 17 aromatic rings. The summed E-state index contributed by atoms with van der Waals surface area (Å²) < 4.78 is 0. The van der Waals surface area contributed by atoms with Gasteiger partial charge >= 0.3 is 0 Å². The van der Waals surface area contributed by atoms with Gasteiger partial charge in [0.2, 0.25) is 0 Å². The van der Waals surface area contributed by atoms with Crippen molar-refractivity contribution in [2.24, 2.45) is 0 Å². The lowest BCUT2D eigenvalue weighted by molar-refractivity contribution is 0.596. The molecule has 0 saturated heterocycles. The number of rotatable bonds is 8. The van der Waals surface area contributed by atoms with Crippen LogP contribution in [-0.2, 0) is 5.41 Å². The minimum absolute atomic E-state index is 0.223. The van der Waals surface area contributed by atoms with Crippen LogP contribution in [0.2, 0.25) is 0 Å². The molecule has 0 nitrogen and oxygen atoms in total. The number of fused-ring (bicyclic) bond motifs is 8. The molecule has 0 radical (unpaired) electrons. The van der Waals surface area contributed by atoms with Crippen molar-refractivity contribution in [3.8, 4) is 11.1 Å². The first kappa shape index (κ1) is 83.3. The average Bonchev–Trinajstić information content (AvgIpc) is 0.765. The van der Waals surface area contributed by atoms with Crippen LogP contribution in [0.5, 0.6) is 0 Å². The van der Waals surface area contributed by atoms with E-state index in [1.807, 2.05) is 6.07 Å². The van der Waals surface area contributed by atoms with Crippen molar-refractivity contribution < 1.29 is 0 Å². The molecule has 0 unspecified atom stereocenters. The zero-order chi connectivity index (χ0) is 79.8. The van der Waals surface area contributed by atoms with Gasteiger partial charge in [-0.3, -0.25) is 0 Å². The largest absolute Gasteiger partial charge is 0.0622 e. The number of hydrogen-bond donors (Lipinski definition) is 0. The van der Waals surface area contributed by atoms with Gasteiger partial charge < -0.3 is 0 Å². The summed E-state index contributed by atoms with van der Waals surface area (Å²) in [5.74, 6) is 4.20. The van der Waals surface area contributed by atoms with Gasteiger partial charge in [0, 0.05) is 0 Å². The molecule has 0 N–H and O–H groups in total. The molecule has 0 amide bonds. The zero-order valence-corrected chi connectivity index (χ0v) is 70.1. The molecule has 0 heterocycles. The first-order valence-corrected chi connectivity index (χ1v) is 40.9. The summed E-state index contributed by atoms with van der Waals surface area (Å²) in [7, 11) is 0. The Labute approximate surface area is 672 Å². The van der Waals surface area contributed by atoms with Gasteiger partial charge in [0.1, 0.15) is 0 Å². The topological polar surface area (TPSA) is 0 Å². The molecule has 0 bridgehead atoms. The maximum absolute atomic E-state index is 2.32. The highest BCUT2D eigenvalue weighted by atomic mass is 14.2. The lowest BCUT2D eigenvalue weighted by Gasteiger charge is -2.21. The molecule has 0 aromatic heterocycles. The van der Waals surface area contributed by atoms with Gasteiger partial charge in [-0.05, 0) is 231 Å².